The maximum atomic E-state index is 13.9. The molecule has 0 radical (unpaired) electrons. The Bertz CT molecular complexity index is 1110. The van der Waals surface area contributed by atoms with Crippen LogP contribution in [0, 0.1) is 5.41 Å². The molecule has 1 aliphatic rings. The molecule has 32 heavy (non-hydrogen) atoms. The van der Waals surface area contributed by atoms with Gasteiger partial charge in [-0.1, -0.05) is 32.9 Å². The van der Waals surface area contributed by atoms with E-state index in [4.69, 9.17) is 4.42 Å². The highest BCUT2D eigenvalue weighted by Crippen LogP contribution is 2.42. The van der Waals surface area contributed by atoms with Gasteiger partial charge in [0.15, 0.2) is 0 Å². The molecule has 6 nitrogen and oxygen atoms in total. The Morgan fingerprint density at radius 2 is 1.75 bits per heavy atom. The monoisotopic (exact) mass is 433 g/mol. The first kappa shape index (κ1) is 21.9. The van der Waals surface area contributed by atoms with E-state index in [1.54, 1.807) is 16.1 Å². The third kappa shape index (κ3) is 4.09. The third-order valence-electron chi connectivity index (χ3n) is 5.73. The van der Waals surface area contributed by atoms with Crippen molar-refractivity contribution in [2.45, 2.75) is 53.1 Å². The first-order valence-corrected chi connectivity index (χ1v) is 11.1. The number of benzene rings is 1. The van der Waals surface area contributed by atoms with Gasteiger partial charge in [0.2, 0.25) is 11.8 Å². The van der Waals surface area contributed by atoms with Crippen LogP contribution in [-0.2, 0) is 9.59 Å². The summed E-state index contributed by atoms with van der Waals surface area (Å²) in [6.45, 7) is 10.0. The van der Waals surface area contributed by atoms with Gasteiger partial charge in [-0.3, -0.25) is 14.5 Å². The molecule has 0 fully saturated rings. The Labute approximate surface area is 189 Å². The van der Waals surface area contributed by atoms with Crippen molar-refractivity contribution >= 4 is 17.5 Å². The van der Waals surface area contributed by atoms with E-state index >= 15 is 0 Å². The van der Waals surface area contributed by atoms with Gasteiger partial charge in [0.1, 0.15) is 18.3 Å². The fourth-order valence-electron chi connectivity index (χ4n) is 4.31. The summed E-state index contributed by atoms with van der Waals surface area (Å²) < 4.78 is 7.87. The molecule has 3 heterocycles. The summed E-state index contributed by atoms with van der Waals surface area (Å²) in [5.41, 5.74) is 2.53. The molecule has 1 aromatic carbocycles. The number of furan rings is 1. The Balaban J connectivity index is 1.74. The zero-order valence-corrected chi connectivity index (χ0v) is 19.4. The molecule has 2 aromatic heterocycles. The molecule has 6 heteroatoms. The second kappa shape index (κ2) is 8.34. The maximum absolute atomic E-state index is 13.9. The van der Waals surface area contributed by atoms with Gasteiger partial charge in [0.25, 0.3) is 0 Å². The van der Waals surface area contributed by atoms with Crippen LogP contribution in [0.4, 0.5) is 5.69 Å². The number of aromatic nitrogens is 1. The quantitative estimate of drug-likeness (QED) is 0.557. The molecule has 0 saturated carbocycles. The van der Waals surface area contributed by atoms with Crippen molar-refractivity contribution in [1.29, 1.82) is 0 Å². The van der Waals surface area contributed by atoms with Gasteiger partial charge in [0.05, 0.1) is 23.3 Å². The minimum Gasteiger partial charge on any atom is -0.467 e. The summed E-state index contributed by atoms with van der Waals surface area (Å²) in [5.74, 6) is 0.538. The van der Waals surface area contributed by atoms with Gasteiger partial charge >= 0.3 is 0 Å². The van der Waals surface area contributed by atoms with Crippen LogP contribution in [0.2, 0.25) is 0 Å². The van der Waals surface area contributed by atoms with Crippen LogP contribution >= 0.6 is 0 Å². The lowest BCUT2D eigenvalue weighted by molar-refractivity contribution is -0.138. The Morgan fingerprint density at radius 3 is 2.38 bits per heavy atom. The average Bonchev–Trinajstić information content (AvgIpc) is 3.41. The molecule has 1 unspecified atom stereocenters. The molecular weight excluding hydrogens is 402 g/mol. The fourth-order valence-corrected chi connectivity index (χ4v) is 4.31. The summed E-state index contributed by atoms with van der Waals surface area (Å²) in [6.07, 6.45) is 4.01. The van der Waals surface area contributed by atoms with Gasteiger partial charge < -0.3 is 13.9 Å². The van der Waals surface area contributed by atoms with Crippen LogP contribution in [0.1, 0.15) is 58.5 Å². The third-order valence-corrected chi connectivity index (χ3v) is 5.73. The molecule has 0 aliphatic carbocycles. The summed E-state index contributed by atoms with van der Waals surface area (Å²) >= 11 is 0. The van der Waals surface area contributed by atoms with Crippen LogP contribution in [0.25, 0.3) is 5.69 Å². The largest absolute Gasteiger partial charge is 0.467 e. The van der Waals surface area contributed by atoms with E-state index in [0.717, 1.165) is 17.1 Å². The summed E-state index contributed by atoms with van der Waals surface area (Å²) in [5, 5.41) is 0. The van der Waals surface area contributed by atoms with E-state index in [-0.39, 0.29) is 29.8 Å². The summed E-state index contributed by atoms with van der Waals surface area (Å²) in [4.78, 5) is 30.4. The summed E-state index contributed by atoms with van der Waals surface area (Å²) in [6, 6.07) is 15.1. The first-order valence-electron chi connectivity index (χ1n) is 11.1. The Kier molecular flexibility index (Phi) is 5.71. The van der Waals surface area contributed by atoms with E-state index in [2.05, 4.69) is 4.57 Å². The number of hydrogen-bond acceptors (Lipinski definition) is 3. The maximum Gasteiger partial charge on any atom is 0.247 e. The lowest BCUT2D eigenvalue weighted by Crippen LogP contribution is -2.49. The molecule has 4 rings (SSSR count). The number of amides is 2. The van der Waals surface area contributed by atoms with Gasteiger partial charge in [-0.25, -0.2) is 0 Å². The molecule has 3 aromatic rings. The van der Waals surface area contributed by atoms with Crippen molar-refractivity contribution in [3.63, 3.8) is 0 Å². The predicted molar refractivity (Wildman–Crippen MR) is 125 cm³/mol. The zero-order valence-electron chi connectivity index (χ0n) is 19.4. The fraction of sp³-hybridized carbons (Fsp3) is 0.385. The van der Waals surface area contributed by atoms with Crippen molar-refractivity contribution in [3.05, 3.63) is 72.4 Å². The number of carbonyl (C=O) groups excluding carboxylic acids is 2. The van der Waals surface area contributed by atoms with E-state index < -0.39 is 6.04 Å². The van der Waals surface area contributed by atoms with E-state index in [0.29, 0.717) is 12.2 Å². The zero-order chi connectivity index (χ0) is 23.0. The second-order valence-corrected chi connectivity index (χ2v) is 9.83. The molecule has 0 bridgehead atoms. The molecule has 0 N–H and O–H groups in total. The van der Waals surface area contributed by atoms with Gasteiger partial charge in [-0.2, -0.15) is 0 Å². The van der Waals surface area contributed by atoms with Crippen molar-refractivity contribution < 1.29 is 14.0 Å². The van der Waals surface area contributed by atoms with E-state index in [1.807, 2.05) is 89.3 Å². The van der Waals surface area contributed by atoms with Gasteiger partial charge in [-0.05, 0) is 55.7 Å². The van der Waals surface area contributed by atoms with Gasteiger partial charge in [0, 0.05) is 18.7 Å². The first-order chi connectivity index (χ1) is 15.2. The SMILES string of the molecule is CC(C)N(CC(=O)N1c2ccccc2-n2cccc2C1c1ccco1)C(=O)CC(C)(C)C. The lowest BCUT2D eigenvalue weighted by atomic mass is 9.91. The molecule has 2 amide bonds. The molecule has 168 valence electrons. The van der Waals surface area contributed by atoms with Crippen molar-refractivity contribution in [1.82, 2.24) is 9.47 Å². The molecule has 0 spiro atoms. The highest BCUT2D eigenvalue weighted by atomic mass is 16.3. The lowest BCUT2D eigenvalue weighted by Gasteiger charge is -2.39. The van der Waals surface area contributed by atoms with E-state index in [1.165, 1.54) is 0 Å². The molecule has 0 saturated heterocycles. The van der Waals surface area contributed by atoms with Crippen LogP contribution in [0.5, 0.6) is 0 Å². The number of para-hydroxylation sites is 2. The number of anilines is 1. The van der Waals surface area contributed by atoms with Gasteiger partial charge in [-0.15, -0.1) is 0 Å². The second-order valence-electron chi connectivity index (χ2n) is 9.83. The average molecular weight is 434 g/mol. The summed E-state index contributed by atoms with van der Waals surface area (Å²) in [7, 11) is 0. The molecule has 1 aliphatic heterocycles. The topological polar surface area (TPSA) is 58.7 Å². The highest BCUT2D eigenvalue weighted by molar-refractivity contribution is 6.00. The Morgan fingerprint density at radius 1 is 1.03 bits per heavy atom. The standard InChI is InChI=1S/C26H31N3O3/c1-18(2)28(23(30)16-26(3,4)5)17-24(31)29-20-11-7-6-10-19(20)27-14-8-12-21(27)25(29)22-13-9-15-32-22/h6-15,18,25H,16-17H2,1-5H3. The number of hydrogen-bond donors (Lipinski definition) is 0. The molecular formula is C26H31N3O3. The van der Waals surface area contributed by atoms with Crippen LogP contribution in [0.3, 0.4) is 0 Å². The normalized spacial score (nSPS) is 15.4. The number of carbonyl (C=O) groups is 2. The minimum atomic E-state index is -0.408. The predicted octanol–water partition coefficient (Wildman–Crippen LogP) is 5.18. The van der Waals surface area contributed by atoms with Crippen molar-refractivity contribution in [3.8, 4) is 5.69 Å². The smallest absolute Gasteiger partial charge is 0.247 e. The highest BCUT2D eigenvalue weighted by Gasteiger charge is 2.38. The number of rotatable bonds is 5. The Hall–Kier alpha value is -3.28. The van der Waals surface area contributed by atoms with Crippen LogP contribution in [0.15, 0.2) is 65.4 Å². The van der Waals surface area contributed by atoms with Crippen LogP contribution < -0.4 is 4.90 Å². The van der Waals surface area contributed by atoms with Crippen molar-refractivity contribution in [2.75, 3.05) is 11.4 Å². The minimum absolute atomic E-state index is 0.0101. The molecule has 1 atom stereocenters. The van der Waals surface area contributed by atoms with Crippen molar-refractivity contribution in [2.24, 2.45) is 5.41 Å². The van der Waals surface area contributed by atoms with E-state index in [9.17, 15) is 9.59 Å². The van der Waals surface area contributed by atoms with Crippen LogP contribution in [-0.4, -0.2) is 33.9 Å². The number of nitrogens with zero attached hydrogens (tertiary/aromatic N) is 3. The number of fused-ring (bicyclic) bond motifs is 3.